The van der Waals surface area contributed by atoms with Crippen molar-refractivity contribution < 1.29 is 28.1 Å². The Morgan fingerprint density at radius 3 is 2.56 bits per heavy atom. The summed E-state index contributed by atoms with van der Waals surface area (Å²) in [5.41, 5.74) is 2.32. The predicted molar refractivity (Wildman–Crippen MR) is 151 cm³/mol. The number of halogens is 2. The number of carbonyl (C=O) groups is 1. The number of benzene rings is 3. The van der Waals surface area contributed by atoms with Crippen LogP contribution >= 0.6 is 11.6 Å². The highest BCUT2D eigenvalue weighted by Gasteiger charge is 2.34. The summed E-state index contributed by atoms with van der Waals surface area (Å²) in [6.45, 7) is 1.69. The maximum absolute atomic E-state index is 14.3. The summed E-state index contributed by atoms with van der Waals surface area (Å²) in [5.74, 6) is 1.39. The van der Waals surface area contributed by atoms with Crippen molar-refractivity contribution in [3.05, 3.63) is 94.2 Å². The zero-order chi connectivity index (χ0) is 29.1. The Labute approximate surface area is 240 Å². The quantitative estimate of drug-likeness (QED) is 0.264. The van der Waals surface area contributed by atoms with E-state index in [4.69, 9.17) is 30.5 Å². The summed E-state index contributed by atoms with van der Waals surface area (Å²) < 4.78 is 38.1. The molecule has 0 unspecified atom stereocenters. The number of anilines is 2. The molecule has 0 bridgehead atoms. The second-order valence-corrected chi connectivity index (χ2v) is 9.42. The van der Waals surface area contributed by atoms with Crippen molar-refractivity contribution in [1.82, 2.24) is 14.8 Å². The molecule has 5 rings (SSSR count). The number of carbonyl (C=O) groups excluding carboxylic acids is 1. The molecule has 0 saturated heterocycles. The second-order valence-electron chi connectivity index (χ2n) is 9.01. The fourth-order valence-corrected chi connectivity index (χ4v) is 4.81. The van der Waals surface area contributed by atoms with E-state index in [1.54, 1.807) is 61.2 Å². The van der Waals surface area contributed by atoms with Crippen LogP contribution in [-0.2, 0) is 11.4 Å². The lowest BCUT2D eigenvalue weighted by molar-refractivity contribution is -0.113. The van der Waals surface area contributed by atoms with Gasteiger partial charge in [0, 0.05) is 17.3 Å². The minimum atomic E-state index is -0.672. The maximum Gasteiger partial charge on any atom is 0.255 e. The number of ether oxygens (including phenoxy) is 4. The molecule has 1 amide bonds. The maximum atomic E-state index is 14.3. The fraction of sp³-hybridized carbons (Fsp3) is 0.207. The number of hydrogen-bond acceptors (Lipinski definition) is 8. The molecule has 1 aromatic heterocycles. The van der Waals surface area contributed by atoms with Crippen molar-refractivity contribution >= 4 is 29.1 Å². The second kappa shape index (κ2) is 11.8. The van der Waals surface area contributed by atoms with E-state index in [-0.39, 0.29) is 23.1 Å². The average molecular weight is 580 g/mol. The Morgan fingerprint density at radius 1 is 1.05 bits per heavy atom. The van der Waals surface area contributed by atoms with Crippen molar-refractivity contribution in [2.45, 2.75) is 19.6 Å². The molecular formula is C29H27ClFN5O5. The van der Waals surface area contributed by atoms with Gasteiger partial charge in [-0.3, -0.25) is 4.79 Å². The van der Waals surface area contributed by atoms with Gasteiger partial charge in [-0.15, -0.1) is 0 Å². The van der Waals surface area contributed by atoms with Gasteiger partial charge in [0.05, 0.1) is 37.6 Å². The molecule has 212 valence electrons. The third-order valence-electron chi connectivity index (χ3n) is 6.63. The molecule has 1 aliphatic rings. The molecule has 0 fully saturated rings. The number of allylic oxidation sites excluding steroid dienone is 1. The Bertz CT molecular complexity index is 1620. The SMILES string of the molecule is COc1ccc(OC)c(NC(=O)C2=C(C)Nc3ncnn3[C@H]2c2ccc(OCc3c(F)cccc3Cl)c(OC)c2)c1. The van der Waals surface area contributed by atoms with E-state index in [2.05, 4.69) is 20.7 Å². The average Bonchev–Trinajstić information content (AvgIpc) is 3.44. The first-order chi connectivity index (χ1) is 19.8. The van der Waals surface area contributed by atoms with Gasteiger partial charge in [0.2, 0.25) is 5.95 Å². The van der Waals surface area contributed by atoms with Gasteiger partial charge < -0.3 is 29.6 Å². The van der Waals surface area contributed by atoms with E-state index in [9.17, 15) is 9.18 Å². The molecule has 4 aromatic rings. The summed E-state index contributed by atoms with van der Waals surface area (Å²) >= 11 is 6.16. The molecule has 3 aromatic carbocycles. The van der Waals surface area contributed by atoms with Crippen LogP contribution < -0.4 is 29.6 Å². The van der Waals surface area contributed by atoms with Crippen LogP contribution in [0, 0.1) is 5.82 Å². The van der Waals surface area contributed by atoms with E-state index in [1.807, 2.05) is 0 Å². The van der Waals surface area contributed by atoms with Crippen LogP contribution in [0.25, 0.3) is 0 Å². The summed E-state index contributed by atoms with van der Waals surface area (Å²) in [4.78, 5) is 18.1. The highest BCUT2D eigenvalue weighted by Crippen LogP contribution is 2.40. The van der Waals surface area contributed by atoms with E-state index < -0.39 is 11.9 Å². The molecule has 1 atom stereocenters. The zero-order valence-electron chi connectivity index (χ0n) is 22.7. The van der Waals surface area contributed by atoms with Crippen LogP contribution in [0.5, 0.6) is 23.0 Å². The van der Waals surface area contributed by atoms with Gasteiger partial charge in [-0.05, 0) is 48.9 Å². The molecule has 0 aliphatic carbocycles. The van der Waals surface area contributed by atoms with Crippen molar-refractivity contribution in [2.75, 3.05) is 32.0 Å². The number of amides is 1. The number of nitrogens with zero attached hydrogens (tertiary/aromatic N) is 3. The van der Waals surface area contributed by atoms with Crippen LogP contribution in [-0.4, -0.2) is 42.0 Å². The van der Waals surface area contributed by atoms with Crippen LogP contribution in [0.4, 0.5) is 16.0 Å². The van der Waals surface area contributed by atoms with E-state index in [0.717, 1.165) is 0 Å². The Kier molecular flexibility index (Phi) is 7.97. The minimum Gasteiger partial charge on any atom is -0.497 e. The van der Waals surface area contributed by atoms with Gasteiger partial charge in [0.1, 0.15) is 36.3 Å². The zero-order valence-corrected chi connectivity index (χ0v) is 23.5. The molecule has 1 aliphatic heterocycles. The molecule has 0 radical (unpaired) electrons. The predicted octanol–water partition coefficient (Wildman–Crippen LogP) is 5.60. The van der Waals surface area contributed by atoms with Crippen LogP contribution in [0.1, 0.15) is 24.1 Å². The topological polar surface area (TPSA) is 109 Å². The molecule has 2 N–H and O–H groups in total. The third kappa shape index (κ3) is 5.48. The summed E-state index contributed by atoms with van der Waals surface area (Å²) in [7, 11) is 4.55. The molecule has 0 saturated carbocycles. The van der Waals surface area contributed by atoms with Gasteiger partial charge in [-0.1, -0.05) is 23.7 Å². The first-order valence-corrected chi connectivity index (χ1v) is 12.9. The fourth-order valence-electron chi connectivity index (χ4n) is 4.59. The lowest BCUT2D eigenvalue weighted by atomic mass is 9.94. The smallest absolute Gasteiger partial charge is 0.255 e. The Morgan fingerprint density at radius 2 is 1.83 bits per heavy atom. The number of hydrogen-bond donors (Lipinski definition) is 2. The molecule has 2 heterocycles. The van der Waals surface area contributed by atoms with Gasteiger partial charge in [-0.25, -0.2) is 9.07 Å². The molecule has 12 heteroatoms. The monoisotopic (exact) mass is 579 g/mol. The third-order valence-corrected chi connectivity index (χ3v) is 6.99. The van der Waals surface area contributed by atoms with Gasteiger partial charge in [-0.2, -0.15) is 10.1 Å². The van der Waals surface area contributed by atoms with Crippen molar-refractivity contribution in [3.63, 3.8) is 0 Å². The highest BCUT2D eigenvalue weighted by atomic mass is 35.5. The van der Waals surface area contributed by atoms with Crippen molar-refractivity contribution in [3.8, 4) is 23.0 Å². The van der Waals surface area contributed by atoms with E-state index in [1.165, 1.54) is 32.7 Å². The summed E-state index contributed by atoms with van der Waals surface area (Å²) in [6.07, 6.45) is 1.40. The molecule has 10 nitrogen and oxygen atoms in total. The lowest BCUT2D eigenvalue weighted by Gasteiger charge is -2.29. The van der Waals surface area contributed by atoms with Crippen LogP contribution in [0.15, 0.2) is 72.2 Å². The summed E-state index contributed by atoms with van der Waals surface area (Å²) in [5, 5.41) is 10.7. The first kappa shape index (κ1) is 27.8. The van der Waals surface area contributed by atoms with Gasteiger partial charge in [0.25, 0.3) is 5.91 Å². The molecule has 41 heavy (non-hydrogen) atoms. The van der Waals surface area contributed by atoms with Crippen molar-refractivity contribution in [1.29, 1.82) is 0 Å². The Balaban J connectivity index is 1.49. The van der Waals surface area contributed by atoms with Crippen LogP contribution in [0.3, 0.4) is 0 Å². The Hall–Kier alpha value is -4.77. The van der Waals surface area contributed by atoms with Gasteiger partial charge in [0.15, 0.2) is 11.5 Å². The minimum absolute atomic E-state index is 0.100. The number of nitrogens with one attached hydrogen (secondary N) is 2. The first-order valence-electron chi connectivity index (χ1n) is 12.5. The van der Waals surface area contributed by atoms with E-state index >= 15 is 0 Å². The standard InChI is InChI=1S/C29H27ClFN5O5/c1-16-26(28(37)35-22-13-18(38-2)9-11-23(22)39-3)27(36-29(34-16)32-15-33-36)17-8-10-24(25(12-17)40-4)41-14-19-20(30)6-5-7-21(19)31/h5-13,15,27H,14H2,1-4H3,(H,35,37)(H,32,33,34)/t27-/m0/s1. The molecule has 0 spiro atoms. The number of aromatic nitrogens is 3. The van der Waals surface area contributed by atoms with Crippen LogP contribution in [0.2, 0.25) is 5.02 Å². The van der Waals surface area contributed by atoms with E-state index in [0.29, 0.717) is 51.5 Å². The number of fused-ring (bicyclic) bond motifs is 1. The highest BCUT2D eigenvalue weighted by molar-refractivity contribution is 6.31. The number of rotatable bonds is 9. The van der Waals surface area contributed by atoms with Gasteiger partial charge >= 0.3 is 0 Å². The largest absolute Gasteiger partial charge is 0.497 e. The number of methoxy groups -OCH3 is 3. The lowest BCUT2D eigenvalue weighted by Crippen LogP contribution is -2.31. The summed E-state index contributed by atoms with van der Waals surface area (Å²) in [6, 6.07) is 14.1. The normalized spacial score (nSPS) is 14.1. The van der Waals surface area contributed by atoms with Crippen molar-refractivity contribution in [2.24, 2.45) is 0 Å². The molecular weight excluding hydrogens is 553 g/mol.